The number of carbonyl (C=O) groups excluding carboxylic acids is 1. The molecule has 0 atom stereocenters. The quantitative estimate of drug-likeness (QED) is 0.722. The van der Waals surface area contributed by atoms with Crippen molar-refractivity contribution in [2.45, 2.75) is 64.0 Å². The SMILES string of the molecule is O=C(c1ccc2c(c1)Cc1cccc(c1)CN(CC1CC1)CCCCCO2)N1CCC(O)CC1. The summed E-state index contributed by atoms with van der Waals surface area (Å²) in [4.78, 5) is 17.7. The highest BCUT2D eigenvalue weighted by atomic mass is 16.5. The smallest absolute Gasteiger partial charge is 0.253 e. The van der Waals surface area contributed by atoms with Gasteiger partial charge in [-0.3, -0.25) is 9.69 Å². The van der Waals surface area contributed by atoms with Gasteiger partial charge in [0.05, 0.1) is 12.7 Å². The fourth-order valence-electron chi connectivity index (χ4n) is 5.26. The number of ether oxygens (including phenoxy) is 1. The van der Waals surface area contributed by atoms with E-state index in [1.54, 1.807) is 0 Å². The van der Waals surface area contributed by atoms with Crippen molar-refractivity contribution in [1.82, 2.24) is 9.80 Å². The van der Waals surface area contributed by atoms with Gasteiger partial charge in [-0.25, -0.2) is 0 Å². The van der Waals surface area contributed by atoms with Crippen LogP contribution in [0.4, 0.5) is 0 Å². The van der Waals surface area contributed by atoms with Crippen LogP contribution in [-0.4, -0.2) is 59.7 Å². The van der Waals surface area contributed by atoms with Gasteiger partial charge in [-0.05, 0) is 92.3 Å². The lowest BCUT2D eigenvalue weighted by Crippen LogP contribution is -2.40. The molecule has 1 amide bonds. The van der Waals surface area contributed by atoms with Gasteiger partial charge in [0.25, 0.3) is 5.91 Å². The maximum atomic E-state index is 13.2. The van der Waals surface area contributed by atoms with Crippen LogP contribution < -0.4 is 4.74 Å². The number of likely N-dealkylation sites (tertiary alicyclic amines) is 1. The fraction of sp³-hybridized carbons (Fsp3) is 0.552. The van der Waals surface area contributed by atoms with Crippen molar-refractivity contribution in [3.8, 4) is 5.75 Å². The second kappa shape index (κ2) is 10.9. The highest BCUT2D eigenvalue weighted by molar-refractivity contribution is 5.94. The summed E-state index contributed by atoms with van der Waals surface area (Å²) in [6, 6.07) is 14.8. The van der Waals surface area contributed by atoms with Crippen LogP contribution in [0.15, 0.2) is 42.5 Å². The number of rotatable bonds is 3. The van der Waals surface area contributed by atoms with Gasteiger partial charge in [0.15, 0.2) is 0 Å². The molecule has 2 aliphatic heterocycles. The van der Waals surface area contributed by atoms with E-state index in [2.05, 4.69) is 29.2 Å². The molecule has 5 rings (SSSR count). The first-order valence-corrected chi connectivity index (χ1v) is 13.2. The standard InChI is InChI=1S/C29H38N2O3/c32-27-11-14-31(15-12-27)29(33)25-9-10-28-26(19-25)18-23-5-4-6-24(17-23)21-30(20-22-7-8-22)13-2-1-3-16-34-28/h4-6,9-10,17,19,22,27,32H,1-3,7-8,11-16,18,20-21H2. The van der Waals surface area contributed by atoms with Crippen molar-refractivity contribution in [1.29, 1.82) is 0 Å². The Morgan fingerprint density at radius 3 is 2.59 bits per heavy atom. The normalized spacial score (nSPS) is 20.8. The van der Waals surface area contributed by atoms with Gasteiger partial charge >= 0.3 is 0 Å². The molecule has 1 N–H and O–H groups in total. The first-order chi connectivity index (χ1) is 16.6. The van der Waals surface area contributed by atoms with Gasteiger partial charge in [-0.15, -0.1) is 0 Å². The molecule has 0 radical (unpaired) electrons. The second-order valence-electron chi connectivity index (χ2n) is 10.4. The minimum absolute atomic E-state index is 0.0542. The predicted molar refractivity (Wildman–Crippen MR) is 134 cm³/mol. The molecule has 2 heterocycles. The summed E-state index contributed by atoms with van der Waals surface area (Å²) in [5, 5.41) is 9.80. The van der Waals surface area contributed by atoms with Crippen molar-refractivity contribution in [3.05, 3.63) is 64.7 Å². The number of hydrogen-bond acceptors (Lipinski definition) is 4. The van der Waals surface area contributed by atoms with Crippen LogP contribution in [0.3, 0.4) is 0 Å². The van der Waals surface area contributed by atoms with Gasteiger partial charge in [0.1, 0.15) is 5.75 Å². The molecule has 182 valence electrons. The zero-order valence-corrected chi connectivity index (χ0v) is 20.3. The lowest BCUT2D eigenvalue weighted by molar-refractivity contribution is 0.0546. The molecule has 2 aromatic rings. The molecule has 34 heavy (non-hydrogen) atoms. The summed E-state index contributed by atoms with van der Waals surface area (Å²) in [7, 11) is 0. The first kappa shape index (κ1) is 23.4. The summed E-state index contributed by atoms with van der Waals surface area (Å²) in [5.41, 5.74) is 4.42. The minimum atomic E-state index is -0.283. The predicted octanol–water partition coefficient (Wildman–Crippen LogP) is 4.65. The van der Waals surface area contributed by atoms with Crippen molar-refractivity contribution < 1.29 is 14.6 Å². The highest BCUT2D eigenvalue weighted by Gasteiger charge is 2.25. The zero-order chi connectivity index (χ0) is 23.3. The van der Waals surface area contributed by atoms with Gasteiger partial charge < -0.3 is 14.7 Å². The summed E-state index contributed by atoms with van der Waals surface area (Å²) >= 11 is 0. The van der Waals surface area contributed by atoms with E-state index in [1.165, 1.54) is 43.4 Å². The van der Waals surface area contributed by atoms with E-state index in [9.17, 15) is 9.90 Å². The van der Waals surface area contributed by atoms with E-state index in [0.717, 1.165) is 43.2 Å². The van der Waals surface area contributed by atoms with E-state index in [1.807, 2.05) is 23.1 Å². The molecule has 5 nitrogen and oxygen atoms in total. The molecule has 2 aromatic carbocycles. The molecule has 2 fully saturated rings. The van der Waals surface area contributed by atoms with Gasteiger partial charge in [-0.2, -0.15) is 0 Å². The maximum Gasteiger partial charge on any atom is 0.253 e. The summed E-state index contributed by atoms with van der Waals surface area (Å²) < 4.78 is 6.23. The molecule has 0 aromatic heterocycles. The van der Waals surface area contributed by atoms with Crippen LogP contribution in [0, 0.1) is 5.92 Å². The Labute approximate surface area is 203 Å². The van der Waals surface area contributed by atoms with Crippen molar-refractivity contribution in [2.24, 2.45) is 5.92 Å². The van der Waals surface area contributed by atoms with Crippen LogP contribution in [0.5, 0.6) is 5.75 Å². The largest absolute Gasteiger partial charge is 0.493 e. The molecule has 2 bridgehead atoms. The number of aliphatic hydroxyl groups excluding tert-OH is 1. The van der Waals surface area contributed by atoms with Gasteiger partial charge in [-0.1, -0.05) is 24.3 Å². The monoisotopic (exact) mass is 462 g/mol. The number of carbonyl (C=O) groups is 1. The van der Waals surface area contributed by atoms with E-state index >= 15 is 0 Å². The van der Waals surface area contributed by atoms with E-state index in [-0.39, 0.29) is 12.0 Å². The molecule has 1 saturated carbocycles. The Kier molecular flexibility index (Phi) is 7.51. The zero-order valence-electron chi connectivity index (χ0n) is 20.3. The topological polar surface area (TPSA) is 53.0 Å². The molecule has 1 aliphatic carbocycles. The fourth-order valence-corrected chi connectivity index (χ4v) is 5.26. The average molecular weight is 463 g/mol. The van der Waals surface area contributed by atoms with Crippen molar-refractivity contribution >= 4 is 5.91 Å². The second-order valence-corrected chi connectivity index (χ2v) is 10.4. The first-order valence-electron chi connectivity index (χ1n) is 13.2. The Morgan fingerprint density at radius 2 is 1.76 bits per heavy atom. The van der Waals surface area contributed by atoms with E-state index < -0.39 is 0 Å². The molecular formula is C29H38N2O3. The third-order valence-electron chi connectivity index (χ3n) is 7.44. The Hall–Kier alpha value is -2.37. The Balaban J connectivity index is 1.37. The molecule has 5 heteroatoms. The van der Waals surface area contributed by atoms with Crippen LogP contribution in [-0.2, 0) is 13.0 Å². The molecule has 0 unspecified atom stereocenters. The summed E-state index contributed by atoms with van der Waals surface area (Å²) in [6.07, 6.45) is 8.00. The average Bonchev–Trinajstić information content (AvgIpc) is 3.66. The lowest BCUT2D eigenvalue weighted by Gasteiger charge is -2.29. The van der Waals surface area contributed by atoms with Gasteiger partial charge in [0, 0.05) is 38.2 Å². The molecular weight excluding hydrogens is 424 g/mol. The lowest BCUT2D eigenvalue weighted by atomic mass is 9.99. The number of nitrogens with zero attached hydrogens (tertiary/aromatic N) is 2. The highest BCUT2D eigenvalue weighted by Crippen LogP contribution is 2.31. The summed E-state index contributed by atoms with van der Waals surface area (Å²) in [5.74, 6) is 1.85. The minimum Gasteiger partial charge on any atom is -0.493 e. The summed E-state index contributed by atoms with van der Waals surface area (Å²) in [6.45, 7) is 5.36. The Bertz CT molecular complexity index is 979. The van der Waals surface area contributed by atoms with Crippen LogP contribution in [0.1, 0.15) is 72.0 Å². The third kappa shape index (κ3) is 6.19. The van der Waals surface area contributed by atoms with E-state index in [4.69, 9.17) is 4.74 Å². The third-order valence-corrected chi connectivity index (χ3v) is 7.44. The number of piperidine rings is 1. The maximum absolute atomic E-state index is 13.2. The van der Waals surface area contributed by atoms with Crippen molar-refractivity contribution in [2.75, 3.05) is 32.8 Å². The number of amides is 1. The number of aliphatic hydroxyl groups is 1. The number of benzene rings is 2. The van der Waals surface area contributed by atoms with Crippen LogP contribution in [0.25, 0.3) is 0 Å². The van der Waals surface area contributed by atoms with Crippen molar-refractivity contribution in [3.63, 3.8) is 0 Å². The Morgan fingerprint density at radius 1 is 0.941 bits per heavy atom. The number of hydrogen-bond donors (Lipinski definition) is 1. The van der Waals surface area contributed by atoms with Gasteiger partial charge in [0.2, 0.25) is 0 Å². The van der Waals surface area contributed by atoms with Crippen LogP contribution in [0.2, 0.25) is 0 Å². The molecule has 3 aliphatic rings. The van der Waals surface area contributed by atoms with E-state index in [0.29, 0.717) is 38.1 Å². The van der Waals surface area contributed by atoms with Crippen LogP contribution >= 0.6 is 0 Å². The molecule has 1 saturated heterocycles. The number of fused-ring (bicyclic) bond motifs is 3. The molecule has 0 spiro atoms.